The number of fused-ring (bicyclic) bond motifs is 1. The van der Waals surface area contributed by atoms with Crippen molar-refractivity contribution in [3.63, 3.8) is 0 Å². The topological polar surface area (TPSA) is 131 Å². The predicted octanol–water partition coefficient (Wildman–Crippen LogP) is -0.162. The highest BCUT2D eigenvalue weighted by Gasteiger charge is 2.56. The number of hydrogen-bond donors (Lipinski definition) is 3. The van der Waals surface area contributed by atoms with Gasteiger partial charge >= 0.3 is 0 Å². The zero-order chi connectivity index (χ0) is 18.3. The molecule has 4 atom stereocenters. The third-order valence-corrected chi connectivity index (χ3v) is 4.71. The van der Waals surface area contributed by atoms with Crippen LogP contribution in [0.4, 0.5) is 0 Å². The predicted molar refractivity (Wildman–Crippen MR) is 93.9 cm³/mol. The van der Waals surface area contributed by atoms with Gasteiger partial charge in [0.15, 0.2) is 11.7 Å². The van der Waals surface area contributed by atoms with Crippen LogP contribution in [0.25, 0.3) is 0 Å². The smallest absolute Gasteiger partial charge is 0.240 e. The lowest BCUT2D eigenvalue weighted by atomic mass is 9.86. The van der Waals surface area contributed by atoms with E-state index in [0.717, 1.165) is 0 Å². The standard InChI is InChI=1S/C17H17N5O4/c18-15-17(14(25)10-4-2-1-3-5-10)16(20-8-19-15)22(9-21-17)13-6-11(24)12(7-23)26-13/h1-5,8-9,11-13,18,23-24H,6-7H2/t11-,12+,13+,17?/m0/s1. The van der Waals surface area contributed by atoms with Crippen LogP contribution >= 0.6 is 0 Å². The fourth-order valence-corrected chi connectivity index (χ4v) is 3.34. The van der Waals surface area contributed by atoms with Crippen LogP contribution in [-0.4, -0.2) is 75.8 Å². The van der Waals surface area contributed by atoms with E-state index >= 15 is 0 Å². The van der Waals surface area contributed by atoms with Crippen molar-refractivity contribution in [3.8, 4) is 0 Å². The number of aliphatic imine (C=N–C) groups is 3. The van der Waals surface area contributed by atoms with E-state index in [-0.39, 0.29) is 24.7 Å². The number of rotatable bonds is 4. The maximum Gasteiger partial charge on any atom is 0.240 e. The molecule has 1 fully saturated rings. The van der Waals surface area contributed by atoms with Gasteiger partial charge in [-0.05, 0) is 0 Å². The van der Waals surface area contributed by atoms with Crippen molar-refractivity contribution in [1.82, 2.24) is 4.90 Å². The third-order valence-electron chi connectivity index (χ3n) is 4.71. The first-order valence-corrected chi connectivity index (χ1v) is 8.15. The minimum Gasteiger partial charge on any atom is -0.394 e. The van der Waals surface area contributed by atoms with Crippen LogP contribution in [0.1, 0.15) is 16.8 Å². The van der Waals surface area contributed by atoms with Crippen LogP contribution in [0.3, 0.4) is 0 Å². The van der Waals surface area contributed by atoms with Crippen LogP contribution in [0.2, 0.25) is 0 Å². The molecule has 3 N–H and O–H groups in total. The molecule has 9 nitrogen and oxygen atoms in total. The number of nitrogens with zero attached hydrogens (tertiary/aromatic N) is 4. The largest absolute Gasteiger partial charge is 0.394 e. The number of hydrogen-bond acceptors (Lipinski definition) is 8. The highest BCUT2D eigenvalue weighted by Crippen LogP contribution is 2.34. The van der Waals surface area contributed by atoms with Crippen molar-refractivity contribution in [2.75, 3.05) is 6.61 Å². The average Bonchev–Trinajstić information content (AvgIpc) is 3.23. The van der Waals surface area contributed by atoms with Gasteiger partial charge in [0, 0.05) is 12.0 Å². The molecule has 1 unspecified atom stereocenters. The van der Waals surface area contributed by atoms with E-state index in [1.807, 2.05) is 0 Å². The molecule has 0 spiro atoms. The lowest BCUT2D eigenvalue weighted by molar-refractivity contribution is -0.0433. The van der Waals surface area contributed by atoms with Gasteiger partial charge in [-0.2, -0.15) is 0 Å². The number of nitrogens with one attached hydrogen (secondary N) is 1. The SMILES string of the molecule is N=C1N=CN=C2N([C@H]3C[C@H](O)[C@@H](CO)O3)C=NC12C(=O)c1ccccc1. The Hall–Kier alpha value is -2.75. The fraction of sp³-hybridized carbons (Fsp3) is 0.353. The van der Waals surface area contributed by atoms with Crippen molar-refractivity contribution in [2.45, 2.75) is 30.4 Å². The van der Waals surface area contributed by atoms with E-state index in [2.05, 4.69) is 15.0 Å². The molecule has 134 valence electrons. The number of carbonyl (C=O) groups excluding carboxylic acids is 1. The first kappa shape index (κ1) is 16.7. The Morgan fingerprint density at radius 3 is 2.85 bits per heavy atom. The van der Waals surface area contributed by atoms with Crippen LogP contribution < -0.4 is 0 Å². The highest BCUT2D eigenvalue weighted by atomic mass is 16.5. The van der Waals surface area contributed by atoms with Gasteiger partial charge in [0.1, 0.15) is 18.7 Å². The van der Waals surface area contributed by atoms with E-state index in [0.29, 0.717) is 5.56 Å². The van der Waals surface area contributed by atoms with Crippen LogP contribution in [-0.2, 0) is 4.74 Å². The Kier molecular flexibility index (Phi) is 3.98. The summed E-state index contributed by atoms with van der Waals surface area (Å²) in [6.07, 6.45) is 0.608. The number of aliphatic hydroxyl groups excluding tert-OH is 2. The van der Waals surface area contributed by atoms with Gasteiger partial charge < -0.3 is 14.9 Å². The normalized spacial score (nSPS) is 32.7. The van der Waals surface area contributed by atoms with Gasteiger partial charge in [0.05, 0.1) is 19.0 Å². The maximum atomic E-state index is 13.2. The second-order valence-corrected chi connectivity index (χ2v) is 6.22. The molecule has 26 heavy (non-hydrogen) atoms. The molecule has 0 saturated carbocycles. The molecule has 3 heterocycles. The summed E-state index contributed by atoms with van der Waals surface area (Å²) in [5.41, 5.74) is -1.27. The summed E-state index contributed by atoms with van der Waals surface area (Å²) in [5.74, 6) is -0.427. The lowest BCUT2D eigenvalue weighted by Gasteiger charge is -2.31. The van der Waals surface area contributed by atoms with E-state index in [9.17, 15) is 15.0 Å². The van der Waals surface area contributed by atoms with Crippen molar-refractivity contribution >= 4 is 30.1 Å². The number of carbonyl (C=O) groups is 1. The van der Waals surface area contributed by atoms with Crippen LogP contribution in [0, 0.1) is 5.41 Å². The quantitative estimate of drug-likeness (QED) is 0.646. The fourth-order valence-electron chi connectivity index (χ4n) is 3.34. The number of benzene rings is 1. The molecule has 9 heteroatoms. The van der Waals surface area contributed by atoms with Gasteiger partial charge in [0.2, 0.25) is 11.3 Å². The first-order valence-electron chi connectivity index (χ1n) is 8.15. The zero-order valence-corrected chi connectivity index (χ0v) is 13.7. The summed E-state index contributed by atoms with van der Waals surface area (Å²) in [7, 11) is 0. The second-order valence-electron chi connectivity index (χ2n) is 6.22. The summed E-state index contributed by atoms with van der Waals surface area (Å²) in [4.78, 5) is 27.1. The van der Waals surface area contributed by atoms with Crippen molar-refractivity contribution in [1.29, 1.82) is 5.41 Å². The van der Waals surface area contributed by atoms with Crippen molar-refractivity contribution in [3.05, 3.63) is 35.9 Å². The molecule has 1 aromatic carbocycles. The molecule has 0 amide bonds. The Bertz CT molecular complexity index is 837. The van der Waals surface area contributed by atoms with Gasteiger partial charge in [-0.3, -0.25) is 15.1 Å². The Balaban J connectivity index is 1.71. The summed E-state index contributed by atoms with van der Waals surface area (Å²) >= 11 is 0. The summed E-state index contributed by atoms with van der Waals surface area (Å²) in [5, 5.41) is 27.5. The number of ketones is 1. The molecule has 1 saturated heterocycles. The average molecular weight is 355 g/mol. The molecular weight excluding hydrogens is 338 g/mol. The molecule has 3 aliphatic rings. The molecular formula is C17H17N5O4. The maximum absolute atomic E-state index is 13.2. The van der Waals surface area contributed by atoms with E-state index in [1.54, 1.807) is 30.3 Å². The summed E-state index contributed by atoms with van der Waals surface area (Å²) in [6, 6.07) is 8.55. The Morgan fingerprint density at radius 1 is 1.38 bits per heavy atom. The lowest BCUT2D eigenvalue weighted by Crippen LogP contribution is -2.56. The summed E-state index contributed by atoms with van der Waals surface area (Å²) < 4.78 is 5.65. The number of aliphatic hydroxyl groups is 2. The second kappa shape index (κ2) is 6.20. The van der Waals surface area contributed by atoms with Gasteiger partial charge in [-0.1, -0.05) is 30.3 Å². The molecule has 0 aliphatic carbocycles. The van der Waals surface area contributed by atoms with E-state index < -0.39 is 29.8 Å². The van der Waals surface area contributed by atoms with Gasteiger partial charge in [-0.15, -0.1) is 0 Å². The van der Waals surface area contributed by atoms with Crippen molar-refractivity contribution < 1.29 is 19.7 Å². The van der Waals surface area contributed by atoms with Crippen molar-refractivity contribution in [2.24, 2.45) is 15.0 Å². The van der Waals surface area contributed by atoms with Crippen LogP contribution in [0.15, 0.2) is 45.3 Å². The Labute approximate surface area is 148 Å². The highest BCUT2D eigenvalue weighted by molar-refractivity contribution is 6.40. The molecule has 0 radical (unpaired) electrons. The molecule has 0 bridgehead atoms. The number of ether oxygens (including phenoxy) is 1. The Morgan fingerprint density at radius 2 is 2.15 bits per heavy atom. The zero-order valence-electron chi connectivity index (χ0n) is 13.7. The number of amidine groups is 2. The molecule has 1 aromatic rings. The van der Waals surface area contributed by atoms with E-state index in [1.165, 1.54) is 17.6 Å². The minimum atomic E-state index is -1.66. The molecule has 0 aromatic heterocycles. The van der Waals surface area contributed by atoms with E-state index in [4.69, 9.17) is 10.1 Å². The number of Topliss-reactive ketones (excluding diaryl/α,β-unsaturated/α-hetero) is 1. The minimum absolute atomic E-state index is 0.210. The van der Waals surface area contributed by atoms with Gasteiger partial charge in [0.25, 0.3) is 0 Å². The molecule has 4 rings (SSSR count). The first-order chi connectivity index (χ1) is 12.6. The molecule has 3 aliphatic heterocycles. The van der Waals surface area contributed by atoms with Gasteiger partial charge in [-0.25, -0.2) is 15.0 Å². The van der Waals surface area contributed by atoms with Crippen LogP contribution in [0.5, 0.6) is 0 Å². The monoisotopic (exact) mass is 355 g/mol. The third kappa shape index (κ3) is 2.32. The summed E-state index contributed by atoms with van der Waals surface area (Å²) in [6.45, 7) is -0.319.